The maximum Gasteiger partial charge on any atom is 0.315 e. The minimum Gasteiger partial charge on any atom is -0.335 e. The molecule has 0 radical (unpaired) electrons. The number of carbonyl (C=O) groups is 1. The second kappa shape index (κ2) is 5.22. The third-order valence-electron chi connectivity index (χ3n) is 3.24. The zero-order valence-corrected chi connectivity index (χ0v) is 10.6. The lowest BCUT2D eigenvalue weighted by Crippen LogP contribution is -2.49. The normalized spacial score (nSPS) is 28.8. The maximum absolute atomic E-state index is 11.6. The van der Waals surface area contributed by atoms with Gasteiger partial charge in [0.2, 0.25) is 0 Å². The molecule has 0 aromatic carbocycles. The summed E-state index contributed by atoms with van der Waals surface area (Å²) < 4.78 is 22.5. The van der Waals surface area contributed by atoms with Gasteiger partial charge in [0, 0.05) is 12.1 Å². The highest BCUT2D eigenvalue weighted by molar-refractivity contribution is 7.91. The molecule has 1 atom stereocenters. The van der Waals surface area contributed by atoms with E-state index in [0.29, 0.717) is 6.42 Å². The van der Waals surface area contributed by atoms with E-state index in [1.807, 2.05) is 0 Å². The molecule has 0 aromatic heterocycles. The third-order valence-corrected chi connectivity index (χ3v) is 5.01. The van der Waals surface area contributed by atoms with Gasteiger partial charge in [-0.25, -0.2) is 13.2 Å². The van der Waals surface area contributed by atoms with Gasteiger partial charge >= 0.3 is 6.03 Å². The summed E-state index contributed by atoms with van der Waals surface area (Å²) in [6.45, 7) is 1.84. The fraction of sp³-hybridized carbons (Fsp3) is 0.900. The van der Waals surface area contributed by atoms with E-state index in [9.17, 15) is 13.2 Å². The van der Waals surface area contributed by atoms with Gasteiger partial charge in [0.25, 0.3) is 0 Å². The van der Waals surface area contributed by atoms with Crippen molar-refractivity contribution < 1.29 is 13.2 Å². The number of rotatable bonds is 2. The Morgan fingerprint density at radius 2 is 1.71 bits per heavy atom. The summed E-state index contributed by atoms with van der Waals surface area (Å²) >= 11 is 0. The van der Waals surface area contributed by atoms with Gasteiger partial charge in [-0.3, -0.25) is 0 Å². The maximum atomic E-state index is 11.6. The van der Waals surface area contributed by atoms with Gasteiger partial charge in [0.1, 0.15) is 0 Å². The second-order valence-corrected chi connectivity index (χ2v) is 6.97. The Morgan fingerprint density at radius 1 is 1.06 bits per heavy atom. The van der Waals surface area contributed by atoms with Crippen LogP contribution < -0.4 is 16.0 Å². The summed E-state index contributed by atoms with van der Waals surface area (Å²) in [5.74, 6) is 0.262. The van der Waals surface area contributed by atoms with Crippen LogP contribution in [0.2, 0.25) is 0 Å². The van der Waals surface area contributed by atoms with Gasteiger partial charge in [0.05, 0.1) is 11.5 Å². The SMILES string of the molecule is O=C(NC1CCNCC1)NC1CCS(=O)(=O)C1. The molecular formula is C10H19N3O3S. The molecule has 2 aliphatic heterocycles. The predicted octanol–water partition coefficient (Wildman–Crippen LogP) is -0.775. The van der Waals surface area contributed by atoms with Crippen LogP contribution >= 0.6 is 0 Å². The van der Waals surface area contributed by atoms with Crippen molar-refractivity contribution in [3.8, 4) is 0 Å². The van der Waals surface area contributed by atoms with Crippen molar-refractivity contribution in [1.82, 2.24) is 16.0 Å². The van der Waals surface area contributed by atoms with Gasteiger partial charge in [0.15, 0.2) is 9.84 Å². The summed E-state index contributed by atoms with van der Waals surface area (Å²) in [6.07, 6.45) is 2.38. The third kappa shape index (κ3) is 3.85. The van der Waals surface area contributed by atoms with E-state index in [-0.39, 0.29) is 29.6 Å². The van der Waals surface area contributed by atoms with Gasteiger partial charge in [-0.15, -0.1) is 0 Å². The van der Waals surface area contributed by atoms with Crippen LogP contribution in [0.4, 0.5) is 4.79 Å². The Morgan fingerprint density at radius 3 is 2.29 bits per heavy atom. The van der Waals surface area contributed by atoms with E-state index in [1.54, 1.807) is 0 Å². The van der Waals surface area contributed by atoms with Crippen molar-refractivity contribution in [2.24, 2.45) is 0 Å². The number of piperidine rings is 1. The number of nitrogens with one attached hydrogen (secondary N) is 3. The van der Waals surface area contributed by atoms with E-state index >= 15 is 0 Å². The topological polar surface area (TPSA) is 87.3 Å². The number of hydrogen-bond donors (Lipinski definition) is 3. The quantitative estimate of drug-likeness (QED) is 0.609. The van der Waals surface area contributed by atoms with Crippen LogP contribution in [0, 0.1) is 0 Å². The van der Waals surface area contributed by atoms with Crippen molar-refractivity contribution in [3.63, 3.8) is 0 Å². The molecule has 0 bridgehead atoms. The molecule has 2 heterocycles. The number of amides is 2. The fourth-order valence-electron chi connectivity index (χ4n) is 2.29. The van der Waals surface area contributed by atoms with Crippen LogP contribution in [0.25, 0.3) is 0 Å². The number of sulfone groups is 1. The predicted molar refractivity (Wildman–Crippen MR) is 64.6 cm³/mol. The summed E-state index contributed by atoms with van der Waals surface area (Å²) in [5, 5.41) is 8.84. The van der Waals surface area contributed by atoms with Crippen molar-refractivity contribution in [2.45, 2.75) is 31.3 Å². The van der Waals surface area contributed by atoms with Crippen molar-refractivity contribution in [2.75, 3.05) is 24.6 Å². The van der Waals surface area contributed by atoms with Crippen molar-refractivity contribution in [1.29, 1.82) is 0 Å². The summed E-state index contributed by atoms with van der Waals surface area (Å²) in [7, 11) is -2.93. The lowest BCUT2D eigenvalue weighted by Gasteiger charge is -2.24. The minimum atomic E-state index is -2.93. The highest BCUT2D eigenvalue weighted by Gasteiger charge is 2.29. The van der Waals surface area contributed by atoms with Gasteiger partial charge in [-0.2, -0.15) is 0 Å². The second-order valence-electron chi connectivity index (χ2n) is 4.74. The highest BCUT2D eigenvalue weighted by atomic mass is 32.2. The fourth-order valence-corrected chi connectivity index (χ4v) is 3.96. The van der Waals surface area contributed by atoms with Crippen LogP contribution in [0.15, 0.2) is 0 Å². The van der Waals surface area contributed by atoms with Gasteiger partial charge < -0.3 is 16.0 Å². The first-order valence-corrected chi connectivity index (χ1v) is 7.85. The Labute approximate surface area is 101 Å². The molecule has 0 spiro atoms. The van der Waals surface area contributed by atoms with Crippen molar-refractivity contribution >= 4 is 15.9 Å². The van der Waals surface area contributed by atoms with Crippen LogP contribution in [0.5, 0.6) is 0 Å². The number of hydrogen-bond acceptors (Lipinski definition) is 4. The molecule has 1 unspecified atom stereocenters. The Kier molecular flexibility index (Phi) is 3.88. The van der Waals surface area contributed by atoms with Gasteiger partial charge in [-0.05, 0) is 32.4 Å². The first-order valence-electron chi connectivity index (χ1n) is 6.03. The molecule has 98 valence electrons. The molecule has 0 saturated carbocycles. The summed E-state index contributed by atoms with van der Waals surface area (Å²) in [5.41, 5.74) is 0. The van der Waals surface area contributed by atoms with Crippen LogP contribution in [-0.4, -0.2) is 51.1 Å². The average Bonchev–Trinajstić information content (AvgIpc) is 2.59. The van der Waals surface area contributed by atoms with Crippen LogP contribution in [0.1, 0.15) is 19.3 Å². The van der Waals surface area contributed by atoms with Gasteiger partial charge in [-0.1, -0.05) is 0 Å². The summed E-state index contributed by atoms with van der Waals surface area (Å²) in [6, 6.07) is -0.255. The molecule has 2 aliphatic rings. The van der Waals surface area contributed by atoms with Crippen molar-refractivity contribution in [3.05, 3.63) is 0 Å². The minimum absolute atomic E-state index is 0.0760. The number of carbonyl (C=O) groups excluding carboxylic acids is 1. The van der Waals surface area contributed by atoms with E-state index in [2.05, 4.69) is 16.0 Å². The molecular weight excluding hydrogens is 242 g/mol. The first kappa shape index (κ1) is 12.6. The standard InChI is InChI=1S/C10H19N3O3S/c14-10(12-8-1-4-11-5-2-8)13-9-3-6-17(15,16)7-9/h8-9,11H,1-7H2,(H2,12,13,14). The molecule has 2 fully saturated rings. The van der Waals surface area contributed by atoms with Crippen LogP contribution in [0.3, 0.4) is 0 Å². The smallest absolute Gasteiger partial charge is 0.315 e. The Bertz CT molecular complexity index is 376. The Balaban J connectivity index is 1.74. The van der Waals surface area contributed by atoms with E-state index in [1.165, 1.54) is 0 Å². The molecule has 3 N–H and O–H groups in total. The lowest BCUT2D eigenvalue weighted by molar-refractivity contribution is 0.230. The highest BCUT2D eigenvalue weighted by Crippen LogP contribution is 2.11. The molecule has 2 amide bonds. The molecule has 0 aromatic rings. The number of urea groups is 1. The monoisotopic (exact) mass is 261 g/mol. The molecule has 2 rings (SSSR count). The van der Waals surface area contributed by atoms with E-state index < -0.39 is 9.84 Å². The zero-order valence-electron chi connectivity index (χ0n) is 9.74. The van der Waals surface area contributed by atoms with E-state index in [0.717, 1.165) is 25.9 Å². The zero-order chi connectivity index (χ0) is 12.3. The Hall–Kier alpha value is -0.820. The summed E-state index contributed by atoms with van der Waals surface area (Å²) in [4.78, 5) is 11.6. The molecule has 0 aliphatic carbocycles. The van der Waals surface area contributed by atoms with Crippen LogP contribution in [-0.2, 0) is 9.84 Å². The molecule has 6 nitrogen and oxygen atoms in total. The molecule has 2 saturated heterocycles. The lowest BCUT2D eigenvalue weighted by atomic mass is 10.1. The van der Waals surface area contributed by atoms with E-state index in [4.69, 9.17) is 0 Å². The molecule has 17 heavy (non-hydrogen) atoms. The average molecular weight is 261 g/mol. The molecule has 7 heteroatoms. The largest absolute Gasteiger partial charge is 0.335 e. The first-order chi connectivity index (χ1) is 8.05.